The molecule has 1 aromatic rings. The lowest BCUT2D eigenvalue weighted by atomic mass is 10.3. The number of aromatic nitrogens is 1. The fraction of sp³-hybridized carbons (Fsp3) is 0.143. The van der Waals surface area contributed by atoms with Gasteiger partial charge in [-0.3, -0.25) is 4.98 Å². The minimum atomic E-state index is -1.03. The standard InChI is InChI=1S/C7H7BrN2O2/c8-6-4-9-2-1-5(6)3-10-7(11)12/h1-2,4,10H,3H2,(H,11,12). The molecule has 0 atom stereocenters. The Bertz CT molecular complexity index is 290. The van der Waals surface area contributed by atoms with E-state index >= 15 is 0 Å². The second kappa shape index (κ2) is 4.06. The molecule has 0 aliphatic carbocycles. The maximum atomic E-state index is 10.1. The van der Waals surface area contributed by atoms with Crippen LogP contribution in [0.1, 0.15) is 5.56 Å². The summed E-state index contributed by atoms with van der Waals surface area (Å²) in [7, 11) is 0. The van der Waals surface area contributed by atoms with Gasteiger partial charge >= 0.3 is 6.09 Å². The van der Waals surface area contributed by atoms with Crippen LogP contribution in [0, 0.1) is 0 Å². The summed E-state index contributed by atoms with van der Waals surface area (Å²) in [5.41, 5.74) is 0.868. The Hall–Kier alpha value is -1.10. The first-order valence-electron chi connectivity index (χ1n) is 3.25. The minimum Gasteiger partial charge on any atom is -0.465 e. The summed E-state index contributed by atoms with van der Waals surface area (Å²) in [6, 6.07) is 1.75. The van der Waals surface area contributed by atoms with Crippen LogP contribution < -0.4 is 5.32 Å². The topological polar surface area (TPSA) is 62.2 Å². The van der Waals surface area contributed by atoms with Crippen molar-refractivity contribution >= 4 is 22.0 Å². The van der Waals surface area contributed by atoms with E-state index in [-0.39, 0.29) is 0 Å². The van der Waals surface area contributed by atoms with E-state index in [1.165, 1.54) is 0 Å². The highest BCUT2D eigenvalue weighted by Crippen LogP contribution is 2.13. The van der Waals surface area contributed by atoms with E-state index in [4.69, 9.17) is 5.11 Å². The summed E-state index contributed by atoms with van der Waals surface area (Å²) in [4.78, 5) is 14.0. The first kappa shape index (κ1) is 8.99. The van der Waals surface area contributed by atoms with Crippen LogP contribution in [-0.4, -0.2) is 16.2 Å². The molecule has 2 N–H and O–H groups in total. The smallest absolute Gasteiger partial charge is 0.404 e. The van der Waals surface area contributed by atoms with Gasteiger partial charge in [0, 0.05) is 23.4 Å². The number of amides is 1. The predicted octanol–water partition coefficient (Wildman–Crippen LogP) is 1.61. The van der Waals surface area contributed by atoms with Crippen molar-refractivity contribution in [3.05, 3.63) is 28.5 Å². The molecule has 1 rings (SSSR count). The Balaban J connectivity index is 2.63. The van der Waals surface area contributed by atoms with Crippen LogP contribution in [0.5, 0.6) is 0 Å². The maximum Gasteiger partial charge on any atom is 0.404 e. The maximum absolute atomic E-state index is 10.1. The minimum absolute atomic E-state index is 0.290. The molecule has 4 nitrogen and oxygen atoms in total. The van der Waals surface area contributed by atoms with Gasteiger partial charge in [0.2, 0.25) is 0 Å². The van der Waals surface area contributed by atoms with Crippen molar-refractivity contribution in [2.75, 3.05) is 0 Å². The Kier molecular flexibility index (Phi) is 3.04. The predicted molar refractivity (Wildman–Crippen MR) is 46.8 cm³/mol. The van der Waals surface area contributed by atoms with Gasteiger partial charge in [0.1, 0.15) is 0 Å². The number of hydrogen-bond donors (Lipinski definition) is 2. The van der Waals surface area contributed by atoms with Crippen molar-refractivity contribution in [2.24, 2.45) is 0 Å². The normalized spacial score (nSPS) is 9.42. The molecular formula is C7H7BrN2O2. The summed E-state index contributed by atoms with van der Waals surface area (Å²) < 4.78 is 0.804. The second-order valence-corrected chi connectivity index (χ2v) is 2.98. The molecule has 0 saturated heterocycles. The van der Waals surface area contributed by atoms with E-state index in [1.807, 2.05) is 0 Å². The Morgan fingerprint density at radius 2 is 2.50 bits per heavy atom. The van der Waals surface area contributed by atoms with Gasteiger partial charge in [-0.15, -0.1) is 0 Å². The molecule has 0 aliphatic heterocycles. The molecule has 0 spiro atoms. The average molecular weight is 231 g/mol. The second-order valence-electron chi connectivity index (χ2n) is 2.13. The third-order valence-corrected chi connectivity index (χ3v) is 2.00. The zero-order valence-corrected chi connectivity index (χ0v) is 7.71. The molecule has 12 heavy (non-hydrogen) atoms. The lowest BCUT2D eigenvalue weighted by Crippen LogP contribution is -2.20. The van der Waals surface area contributed by atoms with Crippen molar-refractivity contribution < 1.29 is 9.90 Å². The molecule has 1 heterocycles. The number of halogens is 1. The van der Waals surface area contributed by atoms with Crippen molar-refractivity contribution in [1.82, 2.24) is 10.3 Å². The first-order valence-corrected chi connectivity index (χ1v) is 4.04. The van der Waals surface area contributed by atoms with Crippen LogP contribution in [-0.2, 0) is 6.54 Å². The van der Waals surface area contributed by atoms with Crippen LogP contribution in [0.4, 0.5) is 4.79 Å². The van der Waals surface area contributed by atoms with Gasteiger partial charge in [-0.25, -0.2) is 4.79 Å². The molecule has 0 radical (unpaired) electrons. The molecule has 0 unspecified atom stereocenters. The quantitative estimate of drug-likeness (QED) is 0.812. The van der Waals surface area contributed by atoms with Crippen LogP contribution in [0.15, 0.2) is 22.9 Å². The van der Waals surface area contributed by atoms with Gasteiger partial charge in [-0.05, 0) is 27.6 Å². The molecule has 0 aliphatic rings. The number of carboxylic acid groups (broad SMARTS) is 1. The Morgan fingerprint density at radius 3 is 3.08 bits per heavy atom. The SMILES string of the molecule is O=C(O)NCc1ccncc1Br. The third-order valence-electron chi connectivity index (χ3n) is 1.29. The van der Waals surface area contributed by atoms with Crippen LogP contribution in [0.3, 0.4) is 0 Å². The van der Waals surface area contributed by atoms with E-state index in [2.05, 4.69) is 26.2 Å². The Labute approximate surface area is 77.8 Å². The van der Waals surface area contributed by atoms with Crippen molar-refractivity contribution in [3.8, 4) is 0 Å². The number of nitrogens with one attached hydrogen (secondary N) is 1. The number of pyridine rings is 1. The number of nitrogens with zero attached hydrogens (tertiary/aromatic N) is 1. The van der Waals surface area contributed by atoms with Crippen LogP contribution in [0.2, 0.25) is 0 Å². The highest BCUT2D eigenvalue weighted by Gasteiger charge is 1.99. The highest BCUT2D eigenvalue weighted by atomic mass is 79.9. The summed E-state index contributed by atoms with van der Waals surface area (Å²) in [6.45, 7) is 0.290. The summed E-state index contributed by atoms with van der Waals surface area (Å²) in [6.07, 6.45) is 2.21. The molecular weight excluding hydrogens is 224 g/mol. The van der Waals surface area contributed by atoms with E-state index in [1.54, 1.807) is 18.5 Å². The molecule has 0 bridgehead atoms. The number of rotatable bonds is 2. The van der Waals surface area contributed by atoms with Gasteiger partial charge < -0.3 is 10.4 Å². The van der Waals surface area contributed by atoms with Gasteiger partial charge in [0.25, 0.3) is 0 Å². The lowest BCUT2D eigenvalue weighted by molar-refractivity contribution is 0.194. The van der Waals surface area contributed by atoms with Crippen molar-refractivity contribution in [1.29, 1.82) is 0 Å². The molecule has 64 valence electrons. The first-order chi connectivity index (χ1) is 5.70. The molecule has 0 aromatic carbocycles. The zero-order chi connectivity index (χ0) is 8.97. The molecule has 1 amide bonds. The monoisotopic (exact) mass is 230 g/mol. The highest BCUT2D eigenvalue weighted by molar-refractivity contribution is 9.10. The largest absolute Gasteiger partial charge is 0.465 e. The average Bonchev–Trinajstić information content (AvgIpc) is 2.03. The number of hydrogen-bond acceptors (Lipinski definition) is 2. The Morgan fingerprint density at radius 1 is 1.75 bits per heavy atom. The van der Waals surface area contributed by atoms with E-state index in [9.17, 15) is 4.79 Å². The lowest BCUT2D eigenvalue weighted by Gasteiger charge is -2.02. The summed E-state index contributed by atoms with van der Waals surface area (Å²) >= 11 is 3.25. The van der Waals surface area contributed by atoms with Crippen molar-refractivity contribution in [2.45, 2.75) is 6.54 Å². The zero-order valence-electron chi connectivity index (χ0n) is 6.12. The third kappa shape index (κ3) is 2.50. The van der Waals surface area contributed by atoms with Crippen molar-refractivity contribution in [3.63, 3.8) is 0 Å². The molecule has 0 fully saturated rings. The summed E-state index contributed by atoms with van der Waals surface area (Å²) in [5.74, 6) is 0. The molecule has 5 heteroatoms. The van der Waals surface area contributed by atoms with E-state index in [0.29, 0.717) is 6.54 Å². The van der Waals surface area contributed by atoms with Gasteiger partial charge in [-0.2, -0.15) is 0 Å². The fourth-order valence-corrected chi connectivity index (χ4v) is 1.11. The molecule has 1 aromatic heterocycles. The van der Waals surface area contributed by atoms with E-state index < -0.39 is 6.09 Å². The fourth-order valence-electron chi connectivity index (χ4n) is 0.718. The number of carbonyl (C=O) groups is 1. The van der Waals surface area contributed by atoms with Crippen LogP contribution in [0.25, 0.3) is 0 Å². The molecule has 0 saturated carbocycles. The van der Waals surface area contributed by atoms with Gasteiger partial charge in [0.05, 0.1) is 0 Å². The summed E-state index contributed by atoms with van der Waals surface area (Å²) in [5, 5.41) is 10.6. The van der Waals surface area contributed by atoms with Gasteiger partial charge in [0.15, 0.2) is 0 Å². The van der Waals surface area contributed by atoms with Gasteiger partial charge in [-0.1, -0.05) is 0 Å². The van der Waals surface area contributed by atoms with E-state index in [0.717, 1.165) is 10.0 Å². The van der Waals surface area contributed by atoms with Crippen LogP contribution >= 0.6 is 15.9 Å².